The first-order valence-corrected chi connectivity index (χ1v) is 7.54. The number of imidazole rings is 1. The number of rotatable bonds is 2. The Morgan fingerprint density at radius 2 is 2.16 bits per heavy atom. The minimum Gasteiger partial charge on any atom is -0.379 e. The van der Waals surface area contributed by atoms with Gasteiger partial charge in [0, 0.05) is 16.6 Å². The van der Waals surface area contributed by atoms with Crippen LogP contribution in [0.1, 0.15) is 30.6 Å². The molecule has 2 fully saturated rings. The quantitative estimate of drug-likeness (QED) is 0.924. The van der Waals surface area contributed by atoms with E-state index in [9.17, 15) is 0 Å². The second-order valence-corrected chi connectivity index (χ2v) is 6.43. The van der Waals surface area contributed by atoms with Crippen molar-refractivity contribution >= 4 is 27.0 Å². The van der Waals surface area contributed by atoms with Gasteiger partial charge in [0.2, 0.25) is 0 Å². The molecule has 1 saturated heterocycles. The summed E-state index contributed by atoms with van der Waals surface area (Å²) in [6.07, 6.45) is 2.49. The lowest BCUT2D eigenvalue weighted by Gasteiger charge is -2.15. The van der Waals surface area contributed by atoms with Gasteiger partial charge in [-0.1, -0.05) is 15.9 Å². The minimum absolute atomic E-state index is 0.0674. The van der Waals surface area contributed by atoms with Crippen molar-refractivity contribution in [2.75, 3.05) is 13.2 Å². The van der Waals surface area contributed by atoms with Crippen LogP contribution in [0, 0.1) is 0 Å². The second kappa shape index (κ2) is 4.30. The number of nitrogens with zero attached hydrogens (tertiary/aromatic N) is 2. The summed E-state index contributed by atoms with van der Waals surface area (Å²) >= 11 is 3.52. The molecule has 5 heteroatoms. The summed E-state index contributed by atoms with van der Waals surface area (Å²) in [5, 5.41) is 0. The first-order chi connectivity index (χ1) is 9.24. The molecular formula is C14H16BrN3O. The molecule has 1 aromatic carbocycles. The van der Waals surface area contributed by atoms with Gasteiger partial charge in [-0.05, 0) is 31.0 Å². The van der Waals surface area contributed by atoms with Crippen molar-refractivity contribution in [1.29, 1.82) is 0 Å². The Morgan fingerprint density at radius 3 is 2.84 bits per heavy atom. The number of fused-ring (bicyclic) bond motifs is 1. The van der Waals surface area contributed by atoms with Gasteiger partial charge in [-0.3, -0.25) is 0 Å². The molecule has 1 aliphatic heterocycles. The van der Waals surface area contributed by atoms with Crippen LogP contribution in [0.2, 0.25) is 0 Å². The average Bonchev–Trinajstić information content (AvgIpc) is 3.03. The number of hydrogen-bond acceptors (Lipinski definition) is 3. The third kappa shape index (κ3) is 1.91. The molecule has 2 heterocycles. The summed E-state index contributed by atoms with van der Waals surface area (Å²) < 4.78 is 8.97. The largest absolute Gasteiger partial charge is 0.379 e. The highest BCUT2D eigenvalue weighted by Crippen LogP contribution is 2.41. The zero-order valence-corrected chi connectivity index (χ0v) is 12.1. The van der Waals surface area contributed by atoms with Gasteiger partial charge in [0.1, 0.15) is 5.82 Å². The van der Waals surface area contributed by atoms with E-state index in [1.807, 2.05) is 0 Å². The first kappa shape index (κ1) is 11.9. The fourth-order valence-corrected chi connectivity index (χ4v) is 3.25. The number of benzene rings is 1. The Hall–Kier alpha value is -0.910. The third-order valence-electron chi connectivity index (χ3n) is 4.05. The summed E-state index contributed by atoms with van der Waals surface area (Å²) in [7, 11) is 0. The van der Waals surface area contributed by atoms with Gasteiger partial charge in [-0.15, -0.1) is 0 Å². The molecule has 1 aliphatic carbocycles. The van der Waals surface area contributed by atoms with E-state index in [0.29, 0.717) is 19.3 Å². The lowest BCUT2D eigenvalue weighted by atomic mass is 10.0. The van der Waals surface area contributed by atoms with E-state index in [-0.39, 0.29) is 12.0 Å². The molecule has 2 aromatic rings. The summed E-state index contributed by atoms with van der Waals surface area (Å²) in [6, 6.07) is 6.98. The van der Waals surface area contributed by atoms with E-state index in [2.05, 4.69) is 38.7 Å². The lowest BCUT2D eigenvalue weighted by molar-refractivity contribution is 0.190. The Balaban J connectivity index is 1.91. The molecule has 0 radical (unpaired) electrons. The van der Waals surface area contributed by atoms with Gasteiger partial charge in [0.25, 0.3) is 0 Å². The van der Waals surface area contributed by atoms with E-state index in [0.717, 1.165) is 15.8 Å². The zero-order valence-electron chi connectivity index (χ0n) is 10.6. The van der Waals surface area contributed by atoms with E-state index in [4.69, 9.17) is 15.5 Å². The fourth-order valence-electron chi connectivity index (χ4n) is 2.91. The van der Waals surface area contributed by atoms with Gasteiger partial charge in [0.05, 0.1) is 30.2 Å². The molecule has 2 N–H and O–H groups in total. The highest BCUT2D eigenvalue weighted by molar-refractivity contribution is 9.10. The summed E-state index contributed by atoms with van der Waals surface area (Å²) in [5.74, 6) is 1.34. The monoisotopic (exact) mass is 321 g/mol. The summed E-state index contributed by atoms with van der Waals surface area (Å²) in [6.45, 7) is 1.33. The first-order valence-electron chi connectivity index (χ1n) is 6.75. The predicted octanol–water partition coefficient (Wildman–Crippen LogP) is 2.57. The van der Waals surface area contributed by atoms with Gasteiger partial charge in [-0.2, -0.15) is 0 Å². The molecule has 1 aromatic heterocycles. The maximum absolute atomic E-state index is 6.16. The van der Waals surface area contributed by atoms with Crippen LogP contribution in [-0.2, 0) is 4.74 Å². The topological polar surface area (TPSA) is 53.1 Å². The minimum atomic E-state index is 0.0674. The van der Waals surface area contributed by atoms with Crippen molar-refractivity contribution in [3.8, 4) is 0 Å². The van der Waals surface area contributed by atoms with Crippen molar-refractivity contribution in [2.45, 2.75) is 30.8 Å². The highest BCUT2D eigenvalue weighted by atomic mass is 79.9. The van der Waals surface area contributed by atoms with Crippen LogP contribution in [0.4, 0.5) is 0 Å². The zero-order chi connectivity index (χ0) is 13.0. The van der Waals surface area contributed by atoms with Crippen LogP contribution >= 0.6 is 15.9 Å². The van der Waals surface area contributed by atoms with Crippen LogP contribution in [0.3, 0.4) is 0 Å². The predicted molar refractivity (Wildman–Crippen MR) is 77.2 cm³/mol. The molecule has 19 heavy (non-hydrogen) atoms. The number of halogens is 1. The maximum atomic E-state index is 6.16. The standard InChI is InChI=1S/C14H16BrN3O/c15-8-1-4-13-12(5-8)17-14(18(13)9-2-3-9)10-6-19-7-11(10)16/h1,4-5,9-11H,2-3,6-7,16H2. The molecule has 0 amide bonds. The SMILES string of the molecule is NC1COCC1c1nc2cc(Br)ccc2n1C1CC1. The molecule has 0 spiro atoms. The van der Waals surface area contributed by atoms with Crippen LogP contribution < -0.4 is 5.73 Å². The van der Waals surface area contributed by atoms with E-state index in [1.54, 1.807) is 0 Å². The van der Waals surface area contributed by atoms with E-state index >= 15 is 0 Å². The molecule has 2 atom stereocenters. The van der Waals surface area contributed by atoms with Crippen molar-refractivity contribution in [3.63, 3.8) is 0 Å². The van der Waals surface area contributed by atoms with Gasteiger partial charge in [0.15, 0.2) is 0 Å². The van der Waals surface area contributed by atoms with Gasteiger partial charge < -0.3 is 15.0 Å². The number of ether oxygens (including phenoxy) is 1. The molecule has 100 valence electrons. The number of aromatic nitrogens is 2. The molecular weight excluding hydrogens is 306 g/mol. The van der Waals surface area contributed by atoms with E-state index in [1.165, 1.54) is 18.4 Å². The number of nitrogens with two attached hydrogens (primary N) is 1. The van der Waals surface area contributed by atoms with Crippen LogP contribution in [-0.4, -0.2) is 28.8 Å². The number of hydrogen-bond donors (Lipinski definition) is 1. The maximum Gasteiger partial charge on any atom is 0.117 e. The molecule has 2 unspecified atom stereocenters. The highest BCUT2D eigenvalue weighted by Gasteiger charge is 2.35. The average molecular weight is 322 g/mol. The third-order valence-corrected chi connectivity index (χ3v) is 4.54. The van der Waals surface area contributed by atoms with Crippen LogP contribution in [0.25, 0.3) is 11.0 Å². The molecule has 2 aliphatic rings. The van der Waals surface area contributed by atoms with Crippen molar-refractivity contribution in [1.82, 2.24) is 9.55 Å². The van der Waals surface area contributed by atoms with E-state index < -0.39 is 0 Å². The summed E-state index contributed by atoms with van der Waals surface area (Å²) in [4.78, 5) is 4.84. The van der Waals surface area contributed by atoms with Crippen molar-refractivity contribution < 1.29 is 4.74 Å². The smallest absolute Gasteiger partial charge is 0.117 e. The molecule has 0 bridgehead atoms. The molecule has 4 rings (SSSR count). The van der Waals surface area contributed by atoms with Crippen molar-refractivity contribution in [2.24, 2.45) is 5.73 Å². The Bertz CT molecular complexity index is 635. The Kier molecular flexibility index (Phi) is 2.69. The Morgan fingerprint density at radius 1 is 1.32 bits per heavy atom. The van der Waals surface area contributed by atoms with Crippen LogP contribution in [0.5, 0.6) is 0 Å². The molecule has 1 saturated carbocycles. The Labute approximate surface area is 120 Å². The van der Waals surface area contributed by atoms with Crippen molar-refractivity contribution in [3.05, 3.63) is 28.5 Å². The molecule has 4 nitrogen and oxygen atoms in total. The fraction of sp³-hybridized carbons (Fsp3) is 0.500. The lowest BCUT2D eigenvalue weighted by Crippen LogP contribution is -2.28. The second-order valence-electron chi connectivity index (χ2n) is 5.51. The van der Waals surface area contributed by atoms with Gasteiger partial charge >= 0.3 is 0 Å². The van der Waals surface area contributed by atoms with Crippen LogP contribution in [0.15, 0.2) is 22.7 Å². The summed E-state index contributed by atoms with van der Waals surface area (Å²) in [5.41, 5.74) is 8.44. The normalized spacial score (nSPS) is 27.3. The van der Waals surface area contributed by atoms with Gasteiger partial charge in [-0.25, -0.2) is 4.98 Å².